The van der Waals surface area contributed by atoms with Crippen LogP contribution in [0.2, 0.25) is 0 Å². The minimum Gasteiger partial charge on any atom is -0.369 e. The van der Waals surface area contributed by atoms with Crippen molar-refractivity contribution in [1.29, 1.82) is 0 Å². The maximum atomic E-state index is 12.6. The molecule has 2 aromatic rings. The maximum Gasteiger partial charge on any atom is 0.271 e. The van der Waals surface area contributed by atoms with Gasteiger partial charge < -0.3 is 5.73 Å². The second-order valence-corrected chi connectivity index (χ2v) is 10.2. The maximum absolute atomic E-state index is 12.6. The predicted octanol–water partition coefficient (Wildman–Crippen LogP) is 2.86. The minimum atomic E-state index is -3.58. The van der Waals surface area contributed by atoms with Crippen molar-refractivity contribution in [3.8, 4) is 0 Å². The Morgan fingerprint density at radius 2 is 1.96 bits per heavy atom. The van der Waals surface area contributed by atoms with Crippen LogP contribution in [0.25, 0.3) is 0 Å². The van der Waals surface area contributed by atoms with E-state index in [0.717, 1.165) is 48.5 Å². The second kappa shape index (κ2) is 8.00. The van der Waals surface area contributed by atoms with Crippen molar-refractivity contribution in [2.24, 2.45) is 11.7 Å². The Morgan fingerprint density at radius 1 is 1.26 bits per heavy atom. The molecule has 1 aromatic heterocycles. The van der Waals surface area contributed by atoms with Gasteiger partial charge in [-0.3, -0.25) is 14.4 Å². The Labute approximate surface area is 164 Å². The third kappa shape index (κ3) is 4.88. The van der Waals surface area contributed by atoms with E-state index in [1.54, 1.807) is 12.1 Å². The van der Waals surface area contributed by atoms with E-state index in [4.69, 9.17) is 5.73 Å². The number of rotatable bonds is 6. The molecule has 3 N–H and O–H groups in total. The van der Waals surface area contributed by atoms with E-state index in [0.29, 0.717) is 9.90 Å². The Hall–Kier alpha value is -1.90. The molecule has 6 nitrogen and oxygen atoms in total. The van der Waals surface area contributed by atoms with Gasteiger partial charge in [0.05, 0.1) is 0 Å². The van der Waals surface area contributed by atoms with Crippen molar-refractivity contribution in [3.05, 3.63) is 46.3 Å². The van der Waals surface area contributed by atoms with Gasteiger partial charge in [-0.05, 0) is 69.1 Å². The first-order valence-corrected chi connectivity index (χ1v) is 11.2. The van der Waals surface area contributed by atoms with Gasteiger partial charge in [-0.25, -0.2) is 8.42 Å². The van der Waals surface area contributed by atoms with Crippen LogP contribution in [0.5, 0.6) is 0 Å². The number of anilines is 1. The summed E-state index contributed by atoms with van der Waals surface area (Å²) in [5.41, 5.74) is 7.95. The topological polar surface area (TPSA) is 92.5 Å². The average molecular weight is 408 g/mol. The largest absolute Gasteiger partial charge is 0.369 e. The van der Waals surface area contributed by atoms with Crippen molar-refractivity contribution in [3.63, 3.8) is 0 Å². The van der Waals surface area contributed by atoms with Gasteiger partial charge in [-0.1, -0.05) is 12.1 Å². The highest BCUT2D eigenvalue weighted by atomic mass is 32.2. The molecule has 27 heavy (non-hydrogen) atoms. The summed E-state index contributed by atoms with van der Waals surface area (Å²) >= 11 is 1.28. The minimum absolute atomic E-state index is 0.0305. The van der Waals surface area contributed by atoms with E-state index in [2.05, 4.69) is 9.62 Å². The van der Waals surface area contributed by atoms with Crippen LogP contribution in [0.15, 0.2) is 34.5 Å². The molecule has 1 fully saturated rings. The lowest BCUT2D eigenvalue weighted by atomic mass is 9.96. The number of primary amides is 1. The third-order valence-corrected chi connectivity index (χ3v) is 7.99. The summed E-state index contributed by atoms with van der Waals surface area (Å²) in [6, 6.07) is 9.17. The Bertz CT molecular complexity index is 910. The normalized spacial score (nSPS) is 16.4. The number of benzene rings is 1. The molecule has 0 spiro atoms. The number of sulfonamides is 1. The predicted molar refractivity (Wildman–Crippen MR) is 108 cm³/mol. The van der Waals surface area contributed by atoms with Crippen molar-refractivity contribution >= 4 is 33.0 Å². The summed E-state index contributed by atoms with van der Waals surface area (Å²) < 4.78 is 28.2. The molecular formula is C19H25N3O3S2. The quantitative estimate of drug-likeness (QED) is 0.770. The molecule has 8 heteroatoms. The summed E-state index contributed by atoms with van der Waals surface area (Å²) in [6.45, 7) is 6.18. The van der Waals surface area contributed by atoms with E-state index >= 15 is 0 Å². The third-order valence-electron chi connectivity index (χ3n) is 4.98. The molecule has 0 unspecified atom stereocenters. The Morgan fingerprint density at radius 3 is 2.56 bits per heavy atom. The molecule has 146 valence electrons. The summed E-state index contributed by atoms with van der Waals surface area (Å²) in [5.74, 6) is -0.248. The highest BCUT2D eigenvalue weighted by Crippen LogP contribution is 2.27. The van der Waals surface area contributed by atoms with Gasteiger partial charge in [0.15, 0.2) is 0 Å². The van der Waals surface area contributed by atoms with Crippen molar-refractivity contribution < 1.29 is 13.2 Å². The number of nitrogens with one attached hydrogen (secondary N) is 1. The van der Waals surface area contributed by atoms with Gasteiger partial charge in [0.1, 0.15) is 4.21 Å². The highest BCUT2D eigenvalue weighted by molar-refractivity contribution is 7.94. The molecule has 0 aliphatic carbocycles. The average Bonchev–Trinajstić information content (AvgIpc) is 2.95. The lowest BCUT2D eigenvalue weighted by Gasteiger charge is -2.30. The number of piperidine rings is 1. The van der Waals surface area contributed by atoms with Crippen LogP contribution in [0.3, 0.4) is 0 Å². The Balaban J connectivity index is 1.66. The lowest BCUT2D eigenvalue weighted by Crippen LogP contribution is -2.38. The van der Waals surface area contributed by atoms with Gasteiger partial charge in [0, 0.05) is 23.0 Å². The molecule has 0 saturated carbocycles. The number of amides is 1. The summed E-state index contributed by atoms with van der Waals surface area (Å²) in [5, 5.41) is 0. The molecule has 0 atom stereocenters. The van der Waals surface area contributed by atoms with E-state index in [9.17, 15) is 13.2 Å². The van der Waals surface area contributed by atoms with E-state index in [1.165, 1.54) is 11.3 Å². The summed E-state index contributed by atoms with van der Waals surface area (Å²) in [7, 11) is -3.58. The number of nitrogens with zero attached hydrogens (tertiary/aromatic N) is 1. The van der Waals surface area contributed by atoms with Gasteiger partial charge >= 0.3 is 0 Å². The number of nitrogens with two attached hydrogens (primary N) is 1. The molecule has 3 rings (SSSR count). The number of carbonyl (C=O) groups is 1. The van der Waals surface area contributed by atoms with Gasteiger partial charge in [-0.15, -0.1) is 11.3 Å². The van der Waals surface area contributed by atoms with E-state index in [-0.39, 0.29) is 11.8 Å². The van der Waals surface area contributed by atoms with E-state index < -0.39 is 10.0 Å². The fourth-order valence-corrected chi connectivity index (χ4v) is 5.81. The van der Waals surface area contributed by atoms with Crippen LogP contribution < -0.4 is 10.5 Å². The number of aryl methyl sites for hydroxylation is 2. The summed E-state index contributed by atoms with van der Waals surface area (Å²) in [4.78, 5) is 14.5. The zero-order chi connectivity index (χ0) is 19.6. The first-order valence-electron chi connectivity index (χ1n) is 8.95. The molecular weight excluding hydrogens is 382 g/mol. The number of hydrogen-bond donors (Lipinski definition) is 2. The highest BCUT2D eigenvalue weighted by Gasteiger charge is 2.23. The molecule has 0 bridgehead atoms. The SMILES string of the molecule is Cc1cc(S(=O)(=O)Nc2cccc(CN3CCC(C(N)=O)CC3)c2)sc1C. The summed E-state index contributed by atoms with van der Waals surface area (Å²) in [6.07, 6.45) is 1.55. The molecule has 2 heterocycles. The molecule has 1 amide bonds. The monoisotopic (exact) mass is 407 g/mol. The first kappa shape index (κ1) is 19.9. The molecule has 1 saturated heterocycles. The second-order valence-electron chi connectivity index (χ2n) is 7.06. The number of hydrogen-bond acceptors (Lipinski definition) is 5. The standard InChI is InChI=1S/C19H25N3O3S2/c1-13-10-18(26-14(13)2)27(24,25)21-17-5-3-4-15(11-17)12-22-8-6-16(7-9-22)19(20)23/h3-5,10-11,16,21H,6-9,12H2,1-2H3,(H2,20,23). The molecule has 1 aliphatic heterocycles. The number of thiophene rings is 1. The van der Waals surface area contributed by atoms with Gasteiger partial charge in [0.2, 0.25) is 5.91 Å². The van der Waals surface area contributed by atoms with Crippen LogP contribution in [0, 0.1) is 19.8 Å². The van der Waals surface area contributed by atoms with Gasteiger partial charge in [-0.2, -0.15) is 0 Å². The zero-order valence-corrected chi connectivity index (χ0v) is 17.2. The first-order chi connectivity index (χ1) is 12.7. The van der Waals surface area contributed by atoms with Crippen LogP contribution in [0.1, 0.15) is 28.8 Å². The number of carbonyl (C=O) groups excluding carboxylic acids is 1. The zero-order valence-electron chi connectivity index (χ0n) is 15.6. The van der Waals surface area contributed by atoms with Crippen molar-refractivity contribution in [2.45, 2.75) is 37.4 Å². The van der Waals surface area contributed by atoms with Crippen LogP contribution >= 0.6 is 11.3 Å². The fraction of sp³-hybridized carbons (Fsp3) is 0.421. The molecule has 1 aliphatic rings. The Kier molecular flexibility index (Phi) is 5.88. The molecule has 0 radical (unpaired) electrons. The van der Waals surface area contributed by atoms with Crippen LogP contribution in [-0.4, -0.2) is 32.3 Å². The van der Waals surface area contributed by atoms with Crippen LogP contribution in [0.4, 0.5) is 5.69 Å². The number of likely N-dealkylation sites (tertiary alicyclic amines) is 1. The van der Waals surface area contributed by atoms with Gasteiger partial charge in [0.25, 0.3) is 10.0 Å². The smallest absolute Gasteiger partial charge is 0.271 e. The van der Waals surface area contributed by atoms with E-state index in [1.807, 2.05) is 32.0 Å². The molecule has 1 aromatic carbocycles. The van der Waals surface area contributed by atoms with Crippen molar-refractivity contribution in [2.75, 3.05) is 17.8 Å². The lowest BCUT2D eigenvalue weighted by molar-refractivity contribution is -0.123. The van der Waals surface area contributed by atoms with Crippen LogP contribution in [-0.2, 0) is 21.4 Å². The van der Waals surface area contributed by atoms with Crippen molar-refractivity contribution in [1.82, 2.24) is 4.90 Å². The fourth-order valence-electron chi connectivity index (χ4n) is 3.24.